The van der Waals surface area contributed by atoms with Crippen molar-refractivity contribution in [3.63, 3.8) is 0 Å². The molecule has 1 aromatic heterocycles. The van der Waals surface area contributed by atoms with E-state index in [9.17, 15) is 0 Å². The van der Waals surface area contributed by atoms with E-state index in [-0.39, 0.29) is 0 Å². The lowest BCUT2D eigenvalue weighted by Gasteiger charge is -2.12. The van der Waals surface area contributed by atoms with Crippen molar-refractivity contribution >= 4 is 0 Å². The minimum Gasteiger partial charge on any atom is -0.496 e. The molecule has 4 nitrogen and oxygen atoms in total. The van der Waals surface area contributed by atoms with Crippen LogP contribution in [0.5, 0.6) is 5.75 Å². The van der Waals surface area contributed by atoms with Gasteiger partial charge in [-0.2, -0.15) is 5.10 Å². The second-order valence-electron chi connectivity index (χ2n) is 5.62. The van der Waals surface area contributed by atoms with Gasteiger partial charge in [0.1, 0.15) is 5.75 Å². The molecular formula is C17H23N3O. The Kier molecular flexibility index (Phi) is 4.25. The highest BCUT2D eigenvalue weighted by molar-refractivity contribution is 5.62. The van der Waals surface area contributed by atoms with E-state index in [0.29, 0.717) is 6.04 Å². The molecule has 112 valence electrons. The Morgan fingerprint density at radius 3 is 2.90 bits per heavy atom. The van der Waals surface area contributed by atoms with Crippen LogP contribution in [0.1, 0.15) is 31.7 Å². The zero-order valence-electron chi connectivity index (χ0n) is 12.8. The quantitative estimate of drug-likeness (QED) is 0.849. The Morgan fingerprint density at radius 2 is 2.19 bits per heavy atom. The number of aromatic nitrogens is 2. The Hall–Kier alpha value is -1.81. The second kappa shape index (κ2) is 6.31. The Bertz CT molecular complexity index is 602. The number of hydrogen-bond acceptors (Lipinski definition) is 3. The minimum absolute atomic E-state index is 0.698. The summed E-state index contributed by atoms with van der Waals surface area (Å²) in [6.07, 6.45) is 5.55. The first-order valence-corrected chi connectivity index (χ1v) is 7.74. The van der Waals surface area contributed by atoms with Gasteiger partial charge >= 0.3 is 0 Å². The van der Waals surface area contributed by atoms with Crippen molar-refractivity contribution in [2.75, 3.05) is 7.11 Å². The van der Waals surface area contributed by atoms with E-state index in [0.717, 1.165) is 25.3 Å². The van der Waals surface area contributed by atoms with Gasteiger partial charge in [0.25, 0.3) is 0 Å². The van der Waals surface area contributed by atoms with Gasteiger partial charge in [-0.1, -0.05) is 6.92 Å². The van der Waals surface area contributed by atoms with Crippen molar-refractivity contribution in [2.45, 2.75) is 45.3 Å². The number of ether oxygens (including phenoxy) is 1. The van der Waals surface area contributed by atoms with E-state index >= 15 is 0 Å². The van der Waals surface area contributed by atoms with Crippen molar-refractivity contribution in [3.8, 4) is 17.0 Å². The molecule has 2 aromatic rings. The summed E-state index contributed by atoms with van der Waals surface area (Å²) in [4.78, 5) is 0. The van der Waals surface area contributed by atoms with Crippen LogP contribution in [0.4, 0.5) is 0 Å². The molecule has 0 aliphatic heterocycles. The summed E-state index contributed by atoms with van der Waals surface area (Å²) in [7, 11) is 1.73. The van der Waals surface area contributed by atoms with Crippen LogP contribution < -0.4 is 10.1 Å². The van der Waals surface area contributed by atoms with E-state index in [4.69, 9.17) is 4.74 Å². The molecule has 0 atom stereocenters. The molecule has 1 N–H and O–H groups in total. The van der Waals surface area contributed by atoms with E-state index in [1.165, 1.54) is 29.7 Å². The van der Waals surface area contributed by atoms with Crippen LogP contribution in [0.3, 0.4) is 0 Å². The summed E-state index contributed by atoms with van der Waals surface area (Å²) in [6, 6.07) is 9.17. The molecule has 1 aliphatic carbocycles. The molecule has 1 aromatic carbocycles. The molecule has 0 unspecified atom stereocenters. The lowest BCUT2D eigenvalue weighted by molar-refractivity contribution is 0.407. The molecule has 4 heteroatoms. The van der Waals surface area contributed by atoms with Gasteiger partial charge < -0.3 is 10.1 Å². The van der Waals surface area contributed by atoms with E-state index in [1.54, 1.807) is 7.11 Å². The van der Waals surface area contributed by atoms with Gasteiger partial charge in [-0.25, -0.2) is 0 Å². The Labute approximate surface area is 126 Å². The highest BCUT2D eigenvalue weighted by atomic mass is 16.5. The average molecular weight is 285 g/mol. The van der Waals surface area contributed by atoms with Crippen molar-refractivity contribution in [2.24, 2.45) is 0 Å². The van der Waals surface area contributed by atoms with Crippen molar-refractivity contribution in [3.05, 3.63) is 36.0 Å². The first-order chi connectivity index (χ1) is 10.3. The fraction of sp³-hybridized carbons (Fsp3) is 0.471. The lowest BCUT2D eigenvalue weighted by atomic mass is 10.1. The third kappa shape index (κ3) is 3.27. The molecule has 0 bridgehead atoms. The fourth-order valence-corrected chi connectivity index (χ4v) is 2.59. The van der Waals surface area contributed by atoms with Gasteiger partial charge in [0.05, 0.1) is 12.8 Å². The maximum absolute atomic E-state index is 5.49. The summed E-state index contributed by atoms with van der Waals surface area (Å²) in [5.74, 6) is 0.952. The standard InChI is InChI=1S/C17H23N3O/c1-3-10-20-16(8-9-19-20)13-4-7-17(21-2)14(11-13)12-18-15-5-6-15/h4,7-9,11,15,18H,3,5-6,10,12H2,1-2H3. The van der Waals surface area contributed by atoms with Crippen LogP contribution in [-0.4, -0.2) is 22.9 Å². The van der Waals surface area contributed by atoms with E-state index in [2.05, 4.69) is 46.3 Å². The molecule has 0 spiro atoms. The number of benzene rings is 1. The first kappa shape index (κ1) is 14.1. The topological polar surface area (TPSA) is 39.1 Å². The van der Waals surface area contributed by atoms with Crippen molar-refractivity contribution < 1.29 is 4.74 Å². The summed E-state index contributed by atoms with van der Waals surface area (Å²) in [6.45, 7) is 3.98. The highest BCUT2D eigenvalue weighted by Gasteiger charge is 2.20. The molecule has 1 saturated carbocycles. The van der Waals surface area contributed by atoms with Crippen molar-refractivity contribution in [1.82, 2.24) is 15.1 Å². The maximum Gasteiger partial charge on any atom is 0.123 e. The lowest BCUT2D eigenvalue weighted by Crippen LogP contribution is -2.16. The monoisotopic (exact) mass is 285 g/mol. The SMILES string of the molecule is CCCn1nccc1-c1ccc(OC)c(CNC2CC2)c1. The van der Waals surface area contributed by atoms with Crippen LogP contribution >= 0.6 is 0 Å². The number of hydrogen-bond donors (Lipinski definition) is 1. The zero-order valence-corrected chi connectivity index (χ0v) is 12.8. The van der Waals surface area contributed by atoms with Crippen LogP contribution in [0.15, 0.2) is 30.5 Å². The fourth-order valence-electron chi connectivity index (χ4n) is 2.59. The molecular weight excluding hydrogens is 262 g/mol. The average Bonchev–Trinajstić information content (AvgIpc) is 3.23. The Balaban J connectivity index is 1.87. The molecule has 21 heavy (non-hydrogen) atoms. The number of nitrogens with zero attached hydrogens (tertiary/aromatic N) is 2. The zero-order chi connectivity index (χ0) is 14.7. The minimum atomic E-state index is 0.698. The third-order valence-corrected chi connectivity index (χ3v) is 3.89. The third-order valence-electron chi connectivity index (χ3n) is 3.89. The van der Waals surface area contributed by atoms with Gasteiger partial charge in [-0.15, -0.1) is 0 Å². The van der Waals surface area contributed by atoms with E-state index in [1.807, 2.05) is 6.20 Å². The predicted molar refractivity (Wildman–Crippen MR) is 84.4 cm³/mol. The van der Waals surface area contributed by atoms with Crippen LogP contribution in [0.2, 0.25) is 0 Å². The van der Waals surface area contributed by atoms with Gasteiger partial charge in [-0.05, 0) is 43.5 Å². The molecule has 0 amide bonds. The summed E-state index contributed by atoms with van der Waals surface area (Å²) in [5.41, 5.74) is 3.59. The molecule has 0 saturated heterocycles. The van der Waals surface area contributed by atoms with Crippen LogP contribution in [0.25, 0.3) is 11.3 Å². The second-order valence-corrected chi connectivity index (χ2v) is 5.62. The normalized spacial score (nSPS) is 14.4. The van der Waals surface area contributed by atoms with Gasteiger partial charge in [0.15, 0.2) is 0 Å². The van der Waals surface area contributed by atoms with Gasteiger partial charge in [0, 0.05) is 36.5 Å². The molecule has 1 heterocycles. The van der Waals surface area contributed by atoms with Crippen LogP contribution in [0, 0.1) is 0 Å². The molecule has 1 aliphatic rings. The smallest absolute Gasteiger partial charge is 0.123 e. The van der Waals surface area contributed by atoms with Gasteiger partial charge in [-0.3, -0.25) is 4.68 Å². The number of methoxy groups -OCH3 is 1. The summed E-state index contributed by atoms with van der Waals surface area (Å²) < 4.78 is 7.56. The molecule has 0 radical (unpaired) electrons. The molecule has 3 rings (SSSR count). The Morgan fingerprint density at radius 1 is 1.33 bits per heavy atom. The largest absolute Gasteiger partial charge is 0.496 e. The highest BCUT2D eigenvalue weighted by Crippen LogP contribution is 2.28. The number of nitrogens with one attached hydrogen (secondary N) is 1. The summed E-state index contributed by atoms with van der Waals surface area (Å²) >= 11 is 0. The van der Waals surface area contributed by atoms with E-state index < -0.39 is 0 Å². The van der Waals surface area contributed by atoms with Gasteiger partial charge in [0.2, 0.25) is 0 Å². The number of aryl methyl sites for hydroxylation is 1. The van der Waals surface area contributed by atoms with Crippen LogP contribution in [-0.2, 0) is 13.1 Å². The number of rotatable bonds is 7. The molecule has 1 fully saturated rings. The first-order valence-electron chi connectivity index (χ1n) is 7.74. The predicted octanol–water partition coefficient (Wildman–Crippen LogP) is 3.22. The summed E-state index contributed by atoms with van der Waals surface area (Å²) in [5, 5.41) is 7.97. The maximum atomic E-state index is 5.49. The van der Waals surface area contributed by atoms with Crippen molar-refractivity contribution in [1.29, 1.82) is 0 Å².